The third-order valence-electron chi connectivity index (χ3n) is 3.66. The summed E-state index contributed by atoms with van der Waals surface area (Å²) < 4.78 is 13.8. The van der Waals surface area contributed by atoms with Crippen molar-refractivity contribution in [3.05, 3.63) is 35.6 Å². The topological polar surface area (TPSA) is 65.5 Å². The van der Waals surface area contributed by atoms with E-state index in [-0.39, 0.29) is 59.7 Å². The van der Waals surface area contributed by atoms with E-state index in [1.54, 1.807) is 6.07 Å². The second-order valence-electron chi connectivity index (χ2n) is 7.11. The van der Waals surface area contributed by atoms with Crippen molar-refractivity contribution >= 4 is 35.8 Å². The van der Waals surface area contributed by atoms with Crippen molar-refractivity contribution in [2.24, 2.45) is 4.99 Å². The van der Waals surface area contributed by atoms with E-state index >= 15 is 0 Å². The van der Waals surface area contributed by atoms with Crippen LogP contribution in [0.5, 0.6) is 0 Å². The Morgan fingerprint density at radius 1 is 1.32 bits per heavy atom. The standard InChI is InChI=1S/C18H27FN4O.HI/c1-5-20-17(21-11-16(24)23-18(2,3)4)22-15-10-13(15)12-8-6-7-9-14(12)19;/h6-9,13,15H,5,10-11H2,1-4H3,(H,23,24)(H2,20,21,22);1H. The summed E-state index contributed by atoms with van der Waals surface area (Å²) >= 11 is 0. The Labute approximate surface area is 166 Å². The van der Waals surface area contributed by atoms with Gasteiger partial charge in [0.05, 0.1) is 0 Å². The summed E-state index contributed by atoms with van der Waals surface area (Å²) in [6.07, 6.45) is 0.861. The van der Waals surface area contributed by atoms with Crippen LogP contribution >= 0.6 is 24.0 Å². The van der Waals surface area contributed by atoms with Crippen LogP contribution < -0.4 is 16.0 Å². The molecule has 0 heterocycles. The molecule has 140 valence electrons. The zero-order valence-electron chi connectivity index (χ0n) is 15.2. The first-order valence-electron chi connectivity index (χ1n) is 8.40. The minimum atomic E-state index is -0.273. The number of hydrogen-bond acceptors (Lipinski definition) is 2. The van der Waals surface area contributed by atoms with Gasteiger partial charge in [0.15, 0.2) is 5.96 Å². The number of carbonyl (C=O) groups is 1. The summed E-state index contributed by atoms with van der Waals surface area (Å²) in [5.74, 6) is 0.448. The minimum Gasteiger partial charge on any atom is -0.357 e. The largest absolute Gasteiger partial charge is 0.357 e. The number of amides is 1. The molecule has 1 saturated carbocycles. The maximum Gasteiger partial charge on any atom is 0.242 e. The number of halogens is 2. The highest BCUT2D eigenvalue weighted by Crippen LogP contribution is 2.41. The molecule has 1 amide bonds. The van der Waals surface area contributed by atoms with Gasteiger partial charge in [-0.3, -0.25) is 4.79 Å². The van der Waals surface area contributed by atoms with Crippen molar-refractivity contribution in [3.63, 3.8) is 0 Å². The molecule has 5 nitrogen and oxygen atoms in total. The highest BCUT2D eigenvalue weighted by atomic mass is 127. The lowest BCUT2D eigenvalue weighted by atomic mass is 10.1. The molecule has 0 bridgehead atoms. The third-order valence-corrected chi connectivity index (χ3v) is 3.66. The van der Waals surface area contributed by atoms with E-state index in [4.69, 9.17) is 0 Å². The molecule has 0 saturated heterocycles. The highest BCUT2D eigenvalue weighted by molar-refractivity contribution is 14.0. The van der Waals surface area contributed by atoms with Gasteiger partial charge >= 0.3 is 0 Å². The van der Waals surface area contributed by atoms with Gasteiger partial charge in [0.1, 0.15) is 12.4 Å². The lowest BCUT2D eigenvalue weighted by Crippen LogP contribution is -2.43. The Kier molecular flexibility index (Phi) is 8.11. The quantitative estimate of drug-likeness (QED) is 0.358. The lowest BCUT2D eigenvalue weighted by molar-refractivity contribution is -0.121. The second kappa shape index (κ2) is 9.35. The average Bonchev–Trinajstić information content (AvgIpc) is 3.23. The number of aliphatic imine (C=N–C) groups is 1. The zero-order valence-corrected chi connectivity index (χ0v) is 17.6. The Bertz CT molecular complexity index is 615. The normalized spacial score (nSPS) is 19.6. The summed E-state index contributed by atoms with van der Waals surface area (Å²) in [5.41, 5.74) is 0.460. The Balaban J connectivity index is 0.00000312. The monoisotopic (exact) mass is 462 g/mol. The van der Waals surface area contributed by atoms with Crippen LogP contribution in [0.1, 0.15) is 45.6 Å². The number of guanidine groups is 1. The number of hydrogen-bond donors (Lipinski definition) is 3. The maximum absolute atomic E-state index is 13.8. The molecule has 0 spiro atoms. The van der Waals surface area contributed by atoms with Crippen molar-refractivity contribution < 1.29 is 9.18 Å². The van der Waals surface area contributed by atoms with Crippen LogP contribution in [0.15, 0.2) is 29.3 Å². The summed E-state index contributed by atoms with van der Waals surface area (Å²) in [7, 11) is 0. The molecule has 1 fully saturated rings. The van der Waals surface area contributed by atoms with E-state index in [1.807, 2.05) is 39.8 Å². The van der Waals surface area contributed by atoms with Gasteiger partial charge in [0.2, 0.25) is 5.91 Å². The molecule has 0 aliphatic heterocycles. The Morgan fingerprint density at radius 2 is 2.00 bits per heavy atom. The molecule has 2 atom stereocenters. The Hall–Kier alpha value is -1.38. The van der Waals surface area contributed by atoms with Crippen molar-refractivity contribution in [1.29, 1.82) is 0 Å². The summed E-state index contributed by atoms with van der Waals surface area (Å²) in [5, 5.41) is 9.28. The van der Waals surface area contributed by atoms with Crippen LogP contribution in [0.4, 0.5) is 4.39 Å². The number of nitrogens with zero attached hydrogens (tertiary/aromatic N) is 1. The van der Waals surface area contributed by atoms with Gasteiger partial charge in [-0.15, -0.1) is 24.0 Å². The van der Waals surface area contributed by atoms with Crippen LogP contribution in [0.2, 0.25) is 0 Å². The van der Waals surface area contributed by atoms with E-state index < -0.39 is 0 Å². The van der Waals surface area contributed by atoms with Gasteiger partial charge < -0.3 is 16.0 Å². The zero-order chi connectivity index (χ0) is 17.7. The predicted molar refractivity (Wildman–Crippen MR) is 110 cm³/mol. The molecule has 3 N–H and O–H groups in total. The Morgan fingerprint density at radius 3 is 2.60 bits per heavy atom. The lowest BCUT2D eigenvalue weighted by Gasteiger charge is -2.20. The van der Waals surface area contributed by atoms with Gasteiger partial charge in [-0.1, -0.05) is 18.2 Å². The van der Waals surface area contributed by atoms with Gasteiger partial charge in [-0.05, 0) is 45.7 Å². The molecular weight excluding hydrogens is 434 g/mol. The number of rotatable bonds is 5. The molecule has 1 aliphatic carbocycles. The first-order chi connectivity index (χ1) is 11.3. The maximum atomic E-state index is 13.8. The van der Waals surface area contributed by atoms with Crippen LogP contribution in [-0.2, 0) is 4.79 Å². The van der Waals surface area contributed by atoms with Crippen molar-refractivity contribution in [3.8, 4) is 0 Å². The van der Waals surface area contributed by atoms with Gasteiger partial charge in [0.25, 0.3) is 0 Å². The van der Waals surface area contributed by atoms with Crippen LogP contribution in [0.25, 0.3) is 0 Å². The third kappa shape index (κ3) is 7.17. The SMILES string of the molecule is CCNC(=NCC(=O)NC(C)(C)C)NC1CC1c1ccccc1F.I. The first-order valence-corrected chi connectivity index (χ1v) is 8.40. The molecule has 0 aromatic heterocycles. The van der Waals surface area contributed by atoms with Crippen molar-refractivity contribution in [1.82, 2.24) is 16.0 Å². The van der Waals surface area contributed by atoms with Gasteiger partial charge in [-0.25, -0.2) is 9.38 Å². The van der Waals surface area contributed by atoms with Crippen LogP contribution in [0.3, 0.4) is 0 Å². The van der Waals surface area contributed by atoms with E-state index in [0.29, 0.717) is 12.5 Å². The molecule has 2 unspecified atom stereocenters. The van der Waals surface area contributed by atoms with E-state index in [1.165, 1.54) is 6.07 Å². The molecule has 7 heteroatoms. The molecule has 1 aliphatic rings. The van der Waals surface area contributed by atoms with Crippen LogP contribution in [-0.4, -0.2) is 36.5 Å². The summed E-state index contributed by atoms with van der Waals surface area (Å²) in [6.45, 7) is 8.52. The smallest absolute Gasteiger partial charge is 0.242 e. The predicted octanol–water partition coefficient (Wildman–Crippen LogP) is 2.77. The fraction of sp³-hybridized carbons (Fsp3) is 0.556. The van der Waals surface area contributed by atoms with E-state index in [2.05, 4.69) is 20.9 Å². The fourth-order valence-corrected chi connectivity index (χ4v) is 2.58. The first kappa shape index (κ1) is 21.7. The van der Waals surface area contributed by atoms with E-state index in [0.717, 1.165) is 12.0 Å². The molecule has 0 radical (unpaired) electrons. The molecule has 1 aromatic carbocycles. The molecule has 25 heavy (non-hydrogen) atoms. The fourth-order valence-electron chi connectivity index (χ4n) is 2.58. The summed E-state index contributed by atoms with van der Waals surface area (Å²) in [6, 6.07) is 7.00. The number of carbonyl (C=O) groups excluding carboxylic acids is 1. The van der Waals surface area contributed by atoms with Gasteiger partial charge in [0, 0.05) is 24.0 Å². The van der Waals surface area contributed by atoms with Crippen molar-refractivity contribution in [2.45, 2.75) is 51.6 Å². The van der Waals surface area contributed by atoms with Crippen LogP contribution in [0, 0.1) is 5.82 Å². The molecule has 2 rings (SSSR count). The molecule has 1 aromatic rings. The van der Waals surface area contributed by atoms with Gasteiger partial charge in [-0.2, -0.15) is 0 Å². The highest BCUT2D eigenvalue weighted by Gasteiger charge is 2.40. The minimum absolute atomic E-state index is 0. The molecular formula is C18H28FIN4O. The number of benzene rings is 1. The average molecular weight is 462 g/mol. The second-order valence-corrected chi connectivity index (χ2v) is 7.11. The summed E-state index contributed by atoms with van der Waals surface area (Å²) in [4.78, 5) is 16.2. The van der Waals surface area contributed by atoms with E-state index in [9.17, 15) is 9.18 Å². The number of nitrogens with one attached hydrogen (secondary N) is 3. The van der Waals surface area contributed by atoms with Crippen molar-refractivity contribution in [2.75, 3.05) is 13.1 Å².